The first-order valence-electron chi connectivity index (χ1n) is 6.81. The van der Waals surface area contributed by atoms with Crippen LogP contribution in [0.25, 0.3) is 0 Å². The van der Waals surface area contributed by atoms with Crippen molar-refractivity contribution in [1.82, 2.24) is 4.31 Å². The van der Waals surface area contributed by atoms with Gasteiger partial charge in [0, 0.05) is 12.1 Å². The number of alkyl halides is 2. The van der Waals surface area contributed by atoms with Crippen molar-refractivity contribution in [3.8, 4) is 0 Å². The molecule has 1 aliphatic heterocycles. The Balaban J connectivity index is 1.57. The van der Waals surface area contributed by atoms with Crippen molar-refractivity contribution in [3.05, 3.63) is 29.8 Å². The minimum atomic E-state index is -3.30. The van der Waals surface area contributed by atoms with E-state index in [0.29, 0.717) is 16.7 Å². The average Bonchev–Trinajstić information content (AvgIpc) is 3.23. The van der Waals surface area contributed by atoms with Crippen LogP contribution >= 0.6 is 31.9 Å². The van der Waals surface area contributed by atoms with Crippen LogP contribution in [0.3, 0.4) is 0 Å². The van der Waals surface area contributed by atoms with Gasteiger partial charge in [0.05, 0.1) is 8.13 Å². The largest absolute Gasteiger partial charge is 0.243 e. The minimum absolute atomic E-state index is 0.0761. The third-order valence-electron chi connectivity index (χ3n) is 4.96. The lowest BCUT2D eigenvalue weighted by atomic mass is 10.0. The van der Waals surface area contributed by atoms with Crippen molar-refractivity contribution in [2.45, 2.75) is 40.0 Å². The van der Waals surface area contributed by atoms with Gasteiger partial charge in [0.15, 0.2) is 0 Å². The second-order valence-electron chi connectivity index (χ2n) is 6.14. The van der Waals surface area contributed by atoms with E-state index in [9.17, 15) is 8.42 Å². The molecule has 3 nitrogen and oxygen atoms in total. The standard InChI is InChI=1S/C14H15Br2NO2S/c1-8-2-4-9(5-3-8)20(18,19)17-12-6-10-11(7-13(12)17)14(10,15)16/h2-5,10-13H,6-7H2,1H3/t10-,11+,12+,13-,17?. The highest BCUT2D eigenvalue weighted by molar-refractivity contribution is 9.25. The predicted octanol–water partition coefficient (Wildman–Crippen LogP) is 3.26. The summed E-state index contributed by atoms with van der Waals surface area (Å²) in [5.74, 6) is 1.14. The summed E-state index contributed by atoms with van der Waals surface area (Å²) in [5.41, 5.74) is 1.08. The van der Waals surface area contributed by atoms with Crippen LogP contribution < -0.4 is 0 Å². The van der Waals surface area contributed by atoms with E-state index in [4.69, 9.17) is 0 Å². The lowest BCUT2D eigenvalue weighted by Crippen LogP contribution is -2.16. The number of rotatable bonds is 2. The summed E-state index contributed by atoms with van der Waals surface area (Å²) >= 11 is 7.40. The maximum Gasteiger partial charge on any atom is 0.243 e. The molecule has 1 unspecified atom stereocenters. The molecule has 2 saturated carbocycles. The summed E-state index contributed by atoms with van der Waals surface area (Å²) in [5, 5.41) is 0. The third-order valence-corrected chi connectivity index (χ3v) is 9.28. The number of benzene rings is 1. The Labute approximate surface area is 136 Å². The van der Waals surface area contributed by atoms with Crippen molar-refractivity contribution in [3.63, 3.8) is 0 Å². The van der Waals surface area contributed by atoms with E-state index in [1.165, 1.54) is 0 Å². The molecule has 0 spiro atoms. The summed E-state index contributed by atoms with van der Waals surface area (Å²) in [6.45, 7) is 1.96. The van der Waals surface area contributed by atoms with E-state index in [2.05, 4.69) is 31.9 Å². The number of nitrogens with zero attached hydrogens (tertiary/aromatic N) is 1. The highest BCUT2D eigenvalue weighted by Gasteiger charge is 2.72. The van der Waals surface area contributed by atoms with Gasteiger partial charge in [-0.05, 0) is 43.7 Å². The Morgan fingerprint density at radius 1 is 1.10 bits per heavy atom. The normalized spacial score (nSPS) is 40.6. The molecular weight excluding hydrogens is 406 g/mol. The maximum absolute atomic E-state index is 12.7. The zero-order chi connectivity index (χ0) is 14.3. The zero-order valence-electron chi connectivity index (χ0n) is 11.0. The molecule has 0 bridgehead atoms. The Hall–Kier alpha value is 0.0900. The first-order chi connectivity index (χ1) is 9.33. The summed E-state index contributed by atoms with van der Waals surface area (Å²) in [6.07, 6.45) is 1.94. The van der Waals surface area contributed by atoms with Crippen molar-refractivity contribution < 1.29 is 8.42 Å². The molecule has 0 radical (unpaired) electrons. The Morgan fingerprint density at radius 3 is 2.10 bits per heavy atom. The molecule has 4 rings (SSSR count). The van der Waals surface area contributed by atoms with Gasteiger partial charge in [0.1, 0.15) is 0 Å². The number of halogens is 2. The van der Waals surface area contributed by atoms with Gasteiger partial charge < -0.3 is 0 Å². The zero-order valence-corrected chi connectivity index (χ0v) is 14.9. The molecule has 3 fully saturated rings. The van der Waals surface area contributed by atoms with Gasteiger partial charge in [-0.1, -0.05) is 49.6 Å². The lowest BCUT2D eigenvalue weighted by Gasteiger charge is -2.07. The average molecular weight is 421 g/mol. The monoisotopic (exact) mass is 419 g/mol. The number of fused-ring (bicyclic) bond motifs is 2. The van der Waals surface area contributed by atoms with Gasteiger partial charge in [0.25, 0.3) is 0 Å². The van der Waals surface area contributed by atoms with E-state index in [1.54, 1.807) is 16.4 Å². The molecule has 108 valence electrons. The van der Waals surface area contributed by atoms with Gasteiger partial charge in [-0.15, -0.1) is 0 Å². The van der Waals surface area contributed by atoms with Gasteiger partial charge in [0.2, 0.25) is 10.0 Å². The molecule has 0 N–H and O–H groups in total. The second kappa shape index (κ2) is 4.09. The lowest BCUT2D eigenvalue weighted by molar-refractivity contribution is 0.541. The molecule has 0 aromatic heterocycles. The van der Waals surface area contributed by atoms with Crippen molar-refractivity contribution >= 4 is 41.9 Å². The summed E-state index contributed by atoms with van der Waals surface area (Å²) < 4.78 is 27.1. The van der Waals surface area contributed by atoms with Crippen LogP contribution in [0.2, 0.25) is 0 Å². The summed E-state index contributed by atoms with van der Waals surface area (Å²) in [4.78, 5) is 0.426. The maximum atomic E-state index is 12.7. The molecule has 5 atom stereocenters. The van der Waals surface area contributed by atoms with Crippen molar-refractivity contribution in [2.24, 2.45) is 11.8 Å². The first-order valence-corrected chi connectivity index (χ1v) is 9.84. The number of sulfonamides is 1. The van der Waals surface area contributed by atoms with Crippen LogP contribution in [-0.4, -0.2) is 28.0 Å². The molecule has 2 aliphatic carbocycles. The fourth-order valence-corrected chi connectivity index (χ4v) is 7.24. The molecule has 1 aromatic carbocycles. The van der Waals surface area contributed by atoms with Gasteiger partial charge in [-0.25, -0.2) is 8.42 Å². The van der Waals surface area contributed by atoms with E-state index >= 15 is 0 Å². The highest BCUT2D eigenvalue weighted by atomic mass is 79.9. The molecule has 3 aliphatic rings. The third kappa shape index (κ3) is 1.81. The van der Waals surface area contributed by atoms with E-state index in [1.807, 2.05) is 19.1 Å². The highest BCUT2D eigenvalue weighted by Crippen LogP contribution is 2.71. The number of hydrogen-bond donors (Lipinski definition) is 0. The van der Waals surface area contributed by atoms with Crippen LogP contribution in [0.15, 0.2) is 29.2 Å². The molecule has 6 heteroatoms. The molecule has 1 aromatic rings. The van der Waals surface area contributed by atoms with Gasteiger partial charge in [-0.3, -0.25) is 0 Å². The van der Waals surface area contributed by atoms with E-state index in [0.717, 1.165) is 18.4 Å². The van der Waals surface area contributed by atoms with Crippen molar-refractivity contribution in [2.75, 3.05) is 0 Å². The first kappa shape index (κ1) is 13.7. The Kier molecular flexibility index (Phi) is 2.81. The van der Waals surface area contributed by atoms with Crippen LogP contribution in [0.1, 0.15) is 18.4 Å². The number of aryl methyl sites for hydroxylation is 1. The summed E-state index contributed by atoms with van der Waals surface area (Å²) in [7, 11) is -3.30. The quantitative estimate of drug-likeness (QED) is 0.543. The van der Waals surface area contributed by atoms with Crippen molar-refractivity contribution in [1.29, 1.82) is 0 Å². The SMILES string of the molecule is Cc1ccc(S(=O)(=O)N2[C@@H]3C[C@H]4[C@@H](C[C@@H]32)C4(Br)Br)cc1. The second-order valence-corrected chi connectivity index (χ2v) is 11.7. The molecule has 20 heavy (non-hydrogen) atoms. The van der Waals surface area contributed by atoms with Crippen LogP contribution in [-0.2, 0) is 10.0 Å². The molecule has 1 heterocycles. The predicted molar refractivity (Wildman–Crippen MR) is 84.6 cm³/mol. The van der Waals surface area contributed by atoms with Crippen LogP contribution in [0.4, 0.5) is 0 Å². The van der Waals surface area contributed by atoms with E-state index < -0.39 is 10.0 Å². The number of hydrogen-bond acceptors (Lipinski definition) is 2. The Bertz CT molecular complexity index is 651. The van der Waals surface area contributed by atoms with Crippen LogP contribution in [0.5, 0.6) is 0 Å². The smallest absolute Gasteiger partial charge is 0.207 e. The molecule has 1 saturated heterocycles. The fraction of sp³-hybridized carbons (Fsp3) is 0.571. The van der Waals surface area contributed by atoms with E-state index in [-0.39, 0.29) is 15.3 Å². The fourth-order valence-electron chi connectivity index (χ4n) is 3.64. The van der Waals surface area contributed by atoms with Gasteiger partial charge >= 0.3 is 0 Å². The Morgan fingerprint density at radius 2 is 1.60 bits per heavy atom. The van der Waals surface area contributed by atoms with Crippen LogP contribution in [0, 0.1) is 18.8 Å². The topological polar surface area (TPSA) is 37.1 Å². The summed E-state index contributed by atoms with van der Waals surface area (Å²) in [6, 6.07) is 7.57. The van der Waals surface area contributed by atoms with Gasteiger partial charge in [-0.2, -0.15) is 4.31 Å². The molecule has 0 amide bonds. The molecular formula is C14H15Br2NO2S. The minimum Gasteiger partial charge on any atom is -0.207 e.